The summed E-state index contributed by atoms with van der Waals surface area (Å²) in [6.07, 6.45) is 1.03. The molecule has 2 aromatic rings. The standard InChI is InChI=1S/C21H27N3O6S2/c1-17-7-9-20(10-8-17)32(28,29)23-13-11-22(12-14-23)21(25)16-24(31(3,26)27)18-5-4-6-19(15-18)30-2/h4-10,15H,11-14,16H2,1-3H3. The molecule has 0 unspecified atom stereocenters. The molecule has 0 atom stereocenters. The molecule has 11 heteroatoms. The van der Waals surface area contributed by atoms with Crippen molar-refractivity contribution in [1.29, 1.82) is 0 Å². The fourth-order valence-electron chi connectivity index (χ4n) is 3.43. The van der Waals surface area contributed by atoms with Gasteiger partial charge >= 0.3 is 0 Å². The molecule has 174 valence electrons. The molecule has 32 heavy (non-hydrogen) atoms. The number of piperazine rings is 1. The molecule has 0 radical (unpaired) electrons. The highest BCUT2D eigenvalue weighted by Crippen LogP contribution is 2.24. The lowest BCUT2D eigenvalue weighted by atomic mass is 10.2. The van der Waals surface area contributed by atoms with E-state index in [0.717, 1.165) is 16.1 Å². The van der Waals surface area contributed by atoms with Crippen LogP contribution < -0.4 is 9.04 Å². The molecular weight excluding hydrogens is 454 g/mol. The van der Waals surface area contributed by atoms with E-state index >= 15 is 0 Å². The van der Waals surface area contributed by atoms with Gasteiger partial charge in [0.05, 0.1) is 23.9 Å². The summed E-state index contributed by atoms with van der Waals surface area (Å²) in [6, 6.07) is 13.1. The minimum absolute atomic E-state index is 0.139. The van der Waals surface area contributed by atoms with Crippen molar-refractivity contribution >= 4 is 31.6 Å². The summed E-state index contributed by atoms with van der Waals surface area (Å²) in [5.74, 6) is 0.0733. The molecule has 0 saturated carbocycles. The Hall–Kier alpha value is -2.63. The highest BCUT2D eigenvalue weighted by atomic mass is 32.2. The predicted octanol–water partition coefficient (Wildman–Crippen LogP) is 1.30. The number of hydrogen-bond acceptors (Lipinski definition) is 6. The van der Waals surface area contributed by atoms with Gasteiger partial charge in [-0.05, 0) is 31.2 Å². The van der Waals surface area contributed by atoms with Crippen LogP contribution in [0.3, 0.4) is 0 Å². The average Bonchev–Trinajstić information content (AvgIpc) is 2.77. The molecule has 1 fully saturated rings. The summed E-state index contributed by atoms with van der Waals surface area (Å²) >= 11 is 0. The average molecular weight is 482 g/mol. The van der Waals surface area contributed by atoms with Crippen molar-refractivity contribution in [2.24, 2.45) is 0 Å². The summed E-state index contributed by atoms with van der Waals surface area (Å²) in [7, 11) is -5.90. The molecule has 0 spiro atoms. The summed E-state index contributed by atoms with van der Waals surface area (Å²) in [6.45, 7) is 2.14. The quantitative estimate of drug-likeness (QED) is 0.591. The Morgan fingerprint density at radius 1 is 1.00 bits per heavy atom. The van der Waals surface area contributed by atoms with E-state index in [-0.39, 0.29) is 37.6 Å². The molecule has 0 bridgehead atoms. The number of carbonyl (C=O) groups excluding carboxylic acids is 1. The second kappa shape index (κ2) is 9.47. The topological polar surface area (TPSA) is 104 Å². The van der Waals surface area contributed by atoms with Gasteiger partial charge in [-0.15, -0.1) is 0 Å². The molecule has 9 nitrogen and oxygen atoms in total. The van der Waals surface area contributed by atoms with Gasteiger partial charge in [0.2, 0.25) is 26.0 Å². The van der Waals surface area contributed by atoms with Crippen molar-refractivity contribution in [3.8, 4) is 5.75 Å². The largest absolute Gasteiger partial charge is 0.497 e. The van der Waals surface area contributed by atoms with E-state index in [1.54, 1.807) is 48.5 Å². The van der Waals surface area contributed by atoms with E-state index in [9.17, 15) is 21.6 Å². The van der Waals surface area contributed by atoms with E-state index in [2.05, 4.69) is 0 Å². The Morgan fingerprint density at radius 3 is 2.19 bits per heavy atom. The van der Waals surface area contributed by atoms with Crippen molar-refractivity contribution in [2.45, 2.75) is 11.8 Å². The number of benzene rings is 2. The normalized spacial score (nSPS) is 15.4. The van der Waals surface area contributed by atoms with E-state index in [1.807, 2.05) is 6.92 Å². The molecule has 1 aliphatic rings. The molecule has 3 rings (SSSR count). The van der Waals surface area contributed by atoms with E-state index < -0.39 is 26.0 Å². The molecule has 2 aromatic carbocycles. The Morgan fingerprint density at radius 2 is 1.62 bits per heavy atom. The van der Waals surface area contributed by atoms with Crippen molar-refractivity contribution < 1.29 is 26.4 Å². The van der Waals surface area contributed by atoms with Gasteiger partial charge in [-0.2, -0.15) is 4.31 Å². The van der Waals surface area contributed by atoms with Crippen molar-refractivity contribution in [1.82, 2.24) is 9.21 Å². The Balaban J connectivity index is 1.69. The molecular formula is C21H27N3O6S2. The van der Waals surface area contributed by atoms with Gasteiger partial charge in [0.25, 0.3) is 0 Å². The third-order valence-corrected chi connectivity index (χ3v) is 8.32. The van der Waals surface area contributed by atoms with Gasteiger partial charge in [0.15, 0.2) is 0 Å². The summed E-state index contributed by atoms with van der Waals surface area (Å²) < 4.78 is 57.9. The maximum absolute atomic E-state index is 12.9. The monoisotopic (exact) mass is 481 g/mol. The molecule has 0 aliphatic carbocycles. The van der Waals surface area contributed by atoms with E-state index in [1.165, 1.54) is 16.3 Å². The van der Waals surface area contributed by atoms with Crippen molar-refractivity contribution in [2.75, 3.05) is 50.4 Å². The summed E-state index contributed by atoms with van der Waals surface area (Å²) in [5.41, 5.74) is 1.28. The van der Waals surface area contributed by atoms with E-state index in [0.29, 0.717) is 11.4 Å². The van der Waals surface area contributed by atoms with Gasteiger partial charge in [0, 0.05) is 32.2 Å². The summed E-state index contributed by atoms with van der Waals surface area (Å²) in [5, 5.41) is 0. The van der Waals surface area contributed by atoms with Crippen molar-refractivity contribution in [3.05, 3.63) is 54.1 Å². The number of ether oxygens (including phenoxy) is 1. The first kappa shape index (κ1) is 24.0. The number of methoxy groups -OCH3 is 1. The maximum Gasteiger partial charge on any atom is 0.243 e. The van der Waals surface area contributed by atoms with Gasteiger partial charge in [-0.25, -0.2) is 16.8 Å². The maximum atomic E-state index is 12.9. The molecule has 1 saturated heterocycles. The Labute approximate surface area is 189 Å². The molecule has 1 amide bonds. The fraction of sp³-hybridized carbons (Fsp3) is 0.381. The number of sulfonamides is 2. The van der Waals surface area contributed by atoms with Crippen LogP contribution in [0, 0.1) is 6.92 Å². The van der Waals surface area contributed by atoms with Gasteiger partial charge in [-0.3, -0.25) is 9.10 Å². The molecule has 0 aromatic heterocycles. The molecule has 1 heterocycles. The fourth-order valence-corrected chi connectivity index (χ4v) is 5.69. The predicted molar refractivity (Wildman–Crippen MR) is 122 cm³/mol. The highest BCUT2D eigenvalue weighted by Gasteiger charge is 2.31. The van der Waals surface area contributed by atoms with Crippen LogP contribution in [0.1, 0.15) is 5.56 Å². The second-order valence-electron chi connectivity index (χ2n) is 7.57. The number of rotatable bonds is 7. The lowest BCUT2D eigenvalue weighted by molar-refractivity contribution is -0.130. The van der Waals surface area contributed by atoms with Crippen LogP contribution in [0.25, 0.3) is 0 Å². The minimum Gasteiger partial charge on any atom is -0.497 e. The third-order valence-electron chi connectivity index (χ3n) is 5.27. The zero-order valence-electron chi connectivity index (χ0n) is 18.3. The number of nitrogens with zero attached hydrogens (tertiary/aromatic N) is 3. The van der Waals surface area contributed by atoms with Crippen LogP contribution >= 0.6 is 0 Å². The van der Waals surface area contributed by atoms with Gasteiger partial charge in [-0.1, -0.05) is 23.8 Å². The van der Waals surface area contributed by atoms with Gasteiger partial charge < -0.3 is 9.64 Å². The van der Waals surface area contributed by atoms with Crippen LogP contribution in [-0.4, -0.2) is 78.0 Å². The zero-order chi connectivity index (χ0) is 23.5. The first-order chi connectivity index (χ1) is 15.0. The zero-order valence-corrected chi connectivity index (χ0v) is 19.9. The second-order valence-corrected chi connectivity index (χ2v) is 11.4. The van der Waals surface area contributed by atoms with Crippen LogP contribution in [-0.2, 0) is 24.8 Å². The van der Waals surface area contributed by atoms with E-state index in [4.69, 9.17) is 4.74 Å². The Bertz CT molecular complexity index is 1170. The smallest absolute Gasteiger partial charge is 0.243 e. The lowest BCUT2D eigenvalue weighted by Gasteiger charge is -2.35. The van der Waals surface area contributed by atoms with Crippen LogP contribution in [0.4, 0.5) is 5.69 Å². The highest BCUT2D eigenvalue weighted by molar-refractivity contribution is 7.92. The lowest BCUT2D eigenvalue weighted by Crippen LogP contribution is -2.53. The number of carbonyl (C=O) groups is 1. The van der Waals surface area contributed by atoms with Crippen molar-refractivity contribution in [3.63, 3.8) is 0 Å². The third kappa shape index (κ3) is 5.40. The van der Waals surface area contributed by atoms with Crippen LogP contribution in [0.15, 0.2) is 53.4 Å². The first-order valence-corrected chi connectivity index (χ1v) is 13.3. The van der Waals surface area contributed by atoms with Crippen LogP contribution in [0.5, 0.6) is 5.75 Å². The number of amides is 1. The number of aryl methyl sites for hydroxylation is 1. The number of hydrogen-bond donors (Lipinski definition) is 0. The molecule has 0 N–H and O–H groups in total. The van der Waals surface area contributed by atoms with Gasteiger partial charge in [0.1, 0.15) is 12.3 Å². The number of anilines is 1. The Kier molecular flexibility index (Phi) is 7.11. The summed E-state index contributed by atoms with van der Waals surface area (Å²) in [4.78, 5) is 14.6. The molecule has 1 aliphatic heterocycles. The van der Waals surface area contributed by atoms with Crippen LogP contribution in [0.2, 0.25) is 0 Å². The SMILES string of the molecule is COc1cccc(N(CC(=O)N2CCN(S(=O)(=O)c3ccc(C)cc3)CC2)S(C)(=O)=O)c1. The first-order valence-electron chi connectivity index (χ1n) is 9.99. The minimum atomic E-state index is -3.73.